The van der Waals surface area contributed by atoms with E-state index in [1.165, 1.54) is 0 Å². The van der Waals surface area contributed by atoms with Gasteiger partial charge in [-0.15, -0.1) is 0 Å². The predicted octanol–water partition coefficient (Wildman–Crippen LogP) is 3.26. The summed E-state index contributed by atoms with van der Waals surface area (Å²) in [5, 5.41) is 3.01. The van der Waals surface area contributed by atoms with Crippen molar-refractivity contribution in [2.75, 3.05) is 63.8 Å². The second-order valence-corrected chi connectivity index (χ2v) is 8.43. The van der Waals surface area contributed by atoms with E-state index in [0.717, 1.165) is 43.9 Å². The minimum Gasteiger partial charge on any atom is -0.496 e. The molecule has 0 radical (unpaired) electrons. The molecule has 2 heterocycles. The lowest BCUT2D eigenvalue weighted by atomic mass is 10.0. The van der Waals surface area contributed by atoms with Crippen LogP contribution in [0.15, 0.2) is 48.5 Å². The number of amides is 1. The monoisotopic (exact) mass is 439 g/mol. The molecule has 172 valence electrons. The Bertz CT molecular complexity index is 892. The number of hydrogen-bond acceptors (Lipinski definition) is 6. The van der Waals surface area contributed by atoms with Crippen molar-refractivity contribution in [2.45, 2.75) is 25.0 Å². The molecule has 2 aromatic rings. The summed E-state index contributed by atoms with van der Waals surface area (Å²) in [6, 6.07) is 15.9. The molecule has 1 N–H and O–H groups in total. The van der Waals surface area contributed by atoms with E-state index >= 15 is 0 Å². The van der Waals surface area contributed by atoms with E-state index in [4.69, 9.17) is 14.2 Å². The molecule has 32 heavy (non-hydrogen) atoms. The van der Waals surface area contributed by atoms with Gasteiger partial charge >= 0.3 is 0 Å². The Morgan fingerprint density at radius 2 is 1.97 bits per heavy atom. The Hall–Kier alpha value is -2.61. The zero-order chi connectivity index (χ0) is 22.3. The van der Waals surface area contributed by atoms with Crippen LogP contribution >= 0.6 is 0 Å². The van der Waals surface area contributed by atoms with Gasteiger partial charge < -0.3 is 29.3 Å². The first kappa shape index (κ1) is 22.6. The fraction of sp³-hybridized carbons (Fsp3) is 0.480. The van der Waals surface area contributed by atoms with Crippen LogP contribution in [0, 0.1) is 0 Å². The largest absolute Gasteiger partial charge is 0.496 e. The lowest BCUT2D eigenvalue weighted by Gasteiger charge is -2.39. The van der Waals surface area contributed by atoms with Crippen LogP contribution in [0.2, 0.25) is 0 Å². The number of likely N-dealkylation sites (N-methyl/N-ethyl adjacent to an activating group) is 1. The molecular weight excluding hydrogens is 406 g/mol. The van der Waals surface area contributed by atoms with E-state index in [9.17, 15) is 4.79 Å². The van der Waals surface area contributed by atoms with Crippen LogP contribution < -0.4 is 15.0 Å². The molecule has 4 rings (SSSR count). The Balaban J connectivity index is 1.32. The average Bonchev–Trinajstić information content (AvgIpc) is 2.85. The van der Waals surface area contributed by atoms with E-state index in [1.54, 1.807) is 19.2 Å². The average molecular weight is 440 g/mol. The van der Waals surface area contributed by atoms with Gasteiger partial charge in [0.25, 0.3) is 5.91 Å². The first-order chi connectivity index (χ1) is 15.6. The highest BCUT2D eigenvalue weighted by Gasteiger charge is 2.26. The molecule has 1 amide bonds. The lowest BCUT2D eigenvalue weighted by Crippen LogP contribution is -2.47. The van der Waals surface area contributed by atoms with Gasteiger partial charge in [-0.2, -0.15) is 0 Å². The predicted molar refractivity (Wildman–Crippen MR) is 126 cm³/mol. The number of piperidine rings is 1. The van der Waals surface area contributed by atoms with Crippen LogP contribution in [-0.4, -0.2) is 76.6 Å². The third-order valence-corrected chi connectivity index (χ3v) is 6.29. The maximum Gasteiger partial charge on any atom is 0.259 e. The van der Waals surface area contributed by atoms with Gasteiger partial charge in [-0.05, 0) is 50.2 Å². The number of rotatable bonds is 7. The van der Waals surface area contributed by atoms with Gasteiger partial charge in [0, 0.05) is 37.1 Å². The summed E-state index contributed by atoms with van der Waals surface area (Å²) < 4.78 is 16.6. The van der Waals surface area contributed by atoms with Crippen molar-refractivity contribution in [3.63, 3.8) is 0 Å². The third-order valence-electron chi connectivity index (χ3n) is 6.29. The van der Waals surface area contributed by atoms with Gasteiger partial charge in [0.1, 0.15) is 5.75 Å². The molecule has 2 fully saturated rings. The van der Waals surface area contributed by atoms with Gasteiger partial charge in [0.2, 0.25) is 0 Å². The van der Waals surface area contributed by atoms with Crippen molar-refractivity contribution in [1.29, 1.82) is 0 Å². The van der Waals surface area contributed by atoms with E-state index in [1.807, 2.05) is 30.3 Å². The zero-order valence-electron chi connectivity index (χ0n) is 19.0. The highest BCUT2D eigenvalue weighted by atomic mass is 16.6. The van der Waals surface area contributed by atoms with Gasteiger partial charge in [-0.1, -0.05) is 18.2 Å². The molecule has 0 spiro atoms. The molecule has 2 aromatic carbocycles. The first-order valence-electron chi connectivity index (χ1n) is 11.3. The summed E-state index contributed by atoms with van der Waals surface area (Å²) in [6.45, 7) is 4.98. The zero-order valence-corrected chi connectivity index (χ0v) is 19.0. The van der Waals surface area contributed by atoms with Gasteiger partial charge in [-0.3, -0.25) is 4.79 Å². The lowest BCUT2D eigenvalue weighted by molar-refractivity contribution is -0.0989. The van der Waals surface area contributed by atoms with Crippen molar-refractivity contribution < 1.29 is 19.0 Å². The first-order valence-corrected chi connectivity index (χ1v) is 11.3. The molecule has 0 bridgehead atoms. The van der Waals surface area contributed by atoms with Crippen molar-refractivity contribution in [1.82, 2.24) is 4.90 Å². The van der Waals surface area contributed by atoms with E-state index < -0.39 is 0 Å². The van der Waals surface area contributed by atoms with Gasteiger partial charge in [-0.25, -0.2) is 0 Å². The van der Waals surface area contributed by atoms with Crippen molar-refractivity contribution in [2.24, 2.45) is 0 Å². The number of nitrogens with zero attached hydrogens (tertiary/aromatic N) is 2. The summed E-state index contributed by atoms with van der Waals surface area (Å²) >= 11 is 0. The van der Waals surface area contributed by atoms with Crippen LogP contribution in [0.1, 0.15) is 23.2 Å². The Morgan fingerprint density at radius 1 is 1.16 bits per heavy atom. The number of nitrogens with one attached hydrogen (secondary N) is 1. The summed E-state index contributed by atoms with van der Waals surface area (Å²) in [5.74, 6) is 0.395. The number of carbonyl (C=O) groups excluding carboxylic acids is 1. The molecular formula is C25H33N3O4. The fourth-order valence-electron chi connectivity index (χ4n) is 4.49. The number of hydrogen-bond donors (Lipinski definition) is 1. The van der Waals surface area contributed by atoms with Gasteiger partial charge in [0.15, 0.2) is 0 Å². The molecule has 7 nitrogen and oxygen atoms in total. The van der Waals surface area contributed by atoms with E-state index in [2.05, 4.69) is 28.2 Å². The molecule has 1 unspecified atom stereocenters. The highest BCUT2D eigenvalue weighted by Crippen LogP contribution is 2.26. The van der Waals surface area contributed by atoms with Crippen molar-refractivity contribution in [3.8, 4) is 5.75 Å². The SMILES string of the molecule is COc1ccccc1C(=O)Nc1cccc(N2CCC(N(C)CC3COCCO3)CC2)c1. The maximum absolute atomic E-state index is 12.7. The number of methoxy groups -OCH3 is 1. The normalized spacial score (nSPS) is 19.7. The number of para-hydroxylation sites is 1. The molecule has 0 saturated carbocycles. The third kappa shape index (κ3) is 5.59. The van der Waals surface area contributed by atoms with Crippen LogP contribution in [0.25, 0.3) is 0 Å². The summed E-state index contributed by atoms with van der Waals surface area (Å²) in [4.78, 5) is 17.5. The fourth-order valence-corrected chi connectivity index (χ4v) is 4.49. The number of carbonyl (C=O) groups is 1. The van der Waals surface area contributed by atoms with Crippen molar-refractivity contribution >= 4 is 17.3 Å². The second kappa shape index (κ2) is 10.8. The van der Waals surface area contributed by atoms with Gasteiger partial charge in [0.05, 0.1) is 38.6 Å². The smallest absolute Gasteiger partial charge is 0.259 e. The molecule has 0 aromatic heterocycles. The van der Waals surface area contributed by atoms with Crippen molar-refractivity contribution in [3.05, 3.63) is 54.1 Å². The van der Waals surface area contributed by atoms with Crippen LogP contribution in [0.5, 0.6) is 5.75 Å². The number of anilines is 2. The number of benzene rings is 2. The highest BCUT2D eigenvalue weighted by molar-refractivity contribution is 6.06. The topological polar surface area (TPSA) is 63.3 Å². The minimum atomic E-state index is -0.172. The maximum atomic E-state index is 12.7. The molecule has 0 aliphatic carbocycles. The summed E-state index contributed by atoms with van der Waals surface area (Å²) in [6.07, 6.45) is 2.37. The molecule has 2 aliphatic rings. The standard InChI is InChI=1S/C25H33N3O4/c1-27(17-22-18-31-14-15-32-22)20-10-12-28(13-11-20)21-7-5-6-19(16-21)26-25(29)23-8-3-4-9-24(23)30-2/h3-9,16,20,22H,10-15,17-18H2,1-2H3,(H,26,29). The van der Waals surface area contributed by atoms with Crippen LogP contribution in [-0.2, 0) is 9.47 Å². The Labute approximate surface area is 190 Å². The molecule has 2 saturated heterocycles. The second-order valence-electron chi connectivity index (χ2n) is 8.43. The molecule has 1 atom stereocenters. The molecule has 7 heteroatoms. The Morgan fingerprint density at radius 3 is 2.72 bits per heavy atom. The van der Waals surface area contributed by atoms with E-state index in [-0.39, 0.29) is 12.0 Å². The Kier molecular flexibility index (Phi) is 7.63. The number of ether oxygens (including phenoxy) is 3. The van der Waals surface area contributed by atoms with Crippen LogP contribution in [0.3, 0.4) is 0 Å². The van der Waals surface area contributed by atoms with E-state index in [0.29, 0.717) is 37.2 Å². The van der Waals surface area contributed by atoms with Crippen LogP contribution in [0.4, 0.5) is 11.4 Å². The minimum absolute atomic E-state index is 0.172. The molecule has 2 aliphatic heterocycles. The quantitative estimate of drug-likeness (QED) is 0.715. The summed E-state index contributed by atoms with van der Waals surface area (Å²) in [7, 11) is 3.76. The summed E-state index contributed by atoms with van der Waals surface area (Å²) in [5.41, 5.74) is 2.44.